The molecule has 0 spiro atoms. The predicted octanol–water partition coefficient (Wildman–Crippen LogP) is 8.50. The predicted molar refractivity (Wildman–Crippen MR) is 133 cm³/mol. The molecule has 0 saturated heterocycles. The van der Waals surface area contributed by atoms with Crippen molar-refractivity contribution >= 4 is 23.2 Å². The molecule has 1 aromatic carbocycles. The summed E-state index contributed by atoms with van der Waals surface area (Å²) in [4.78, 5) is 12.8. The zero-order valence-electron chi connectivity index (χ0n) is 19.7. The number of nitrogens with one attached hydrogen (secondary N) is 1. The normalized spacial score (nSPS) is 25.1. The first-order valence-electron chi connectivity index (χ1n) is 12.2. The van der Waals surface area contributed by atoms with E-state index in [0.717, 1.165) is 25.2 Å². The summed E-state index contributed by atoms with van der Waals surface area (Å²) in [7, 11) is 0. The quantitative estimate of drug-likeness (QED) is 0.455. The Balaban J connectivity index is 1.46. The maximum Gasteiger partial charge on any atom is 0.227 e. The van der Waals surface area contributed by atoms with Crippen LogP contribution in [0.25, 0.3) is 0 Å². The molecule has 32 heavy (non-hydrogen) atoms. The Bertz CT molecular complexity index is 877. The first-order chi connectivity index (χ1) is 15.3. The number of allylic oxidation sites excluding steroid dienone is 6. The van der Waals surface area contributed by atoms with Crippen LogP contribution >= 0.6 is 11.6 Å². The highest BCUT2D eigenvalue weighted by Crippen LogP contribution is 2.34. The van der Waals surface area contributed by atoms with Gasteiger partial charge in [-0.15, -0.1) is 0 Å². The number of carbonyl (C=O) groups is 1. The molecule has 0 radical (unpaired) electrons. The van der Waals surface area contributed by atoms with Crippen LogP contribution in [0.15, 0.2) is 53.6 Å². The van der Waals surface area contributed by atoms with Crippen molar-refractivity contribution in [3.05, 3.63) is 64.5 Å². The molecule has 3 rings (SSSR count). The van der Waals surface area contributed by atoms with Crippen molar-refractivity contribution in [2.75, 3.05) is 5.32 Å². The molecule has 1 amide bonds. The smallest absolute Gasteiger partial charge is 0.227 e. The van der Waals surface area contributed by atoms with Crippen LogP contribution in [-0.4, -0.2) is 5.91 Å². The van der Waals surface area contributed by atoms with E-state index in [1.54, 1.807) is 6.07 Å². The zero-order chi connectivity index (χ0) is 23.1. The largest absolute Gasteiger partial charge is 0.326 e. The zero-order valence-corrected chi connectivity index (χ0v) is 20.4. The maximum atomic E-state index is 13.4. The highest BCUT2D eigenvalue weighted by molar-refractivity contribution is 6.31. The molecule has 2 atom stereocenters. The lowest BCUT2D eigenvalue weighted by atomic mass is 9.78. The summed E-state index contributed by atoms with van der Waals surface area (Å²) in [6.07, 6.45) is 18.6. The number of amides is 1. The molecule has 1 saturated carbocycles. The summed E-state index contributed by atoms with van der Waals surface area (Å²) in [6.45, 7) is 6.49. The average Bonchev–Trinajstić information content (AvgIpc) is 2.89. The second-order valence-corrected chi connectivity index (χ2v) is 10.1. The highest BCUT2D eigenvalue weighted by Gasteiger charge is 2.26. The fourth-order valence-electron chi connectivity index (χ4n) is 5.13. The fraction of sp³-hybridized carbons (Fsp3) is 0.536. The van der Waals surface area contributed by atoms with Gasteiger partial charge in [0, 0.05) is 11.6 Å². The van der Waals surface area contributed by atoms with E-state index in [2.05, 4.69) is 43.5 Å². The van der Waals surface area contributed by atoms with Crippen LogP contribution in [-0.2, 0) is 4.79 Å². The van der Waals surface area contributed by atoms with Crippen LogP contribution in [0, 0.1) is 29.5 Å². The first kappa shape index (κ1) is 24.8. The molecule has 2 aliphatic rings. The van der Waals surface area contributed by atoms with Crippen molar-refractivity contribution in [3.63, 3.8) is 0 Å². The van der Waals surface area contributed by atoms with Crippen LogP contribution in [0.2, 0.25) is 5.02 Å². The van der Waals surface area contributed by atoms with E-state index >= 15 is 0 Å². The van der Waals surface area contributed by atoms with E-state index in [0.29, 0.717) is 17.5 Å². The van der Waals surface area contributed by atoms with E-state index in [9.17, 15) is 9.18 Å². The SMILES string of the molecule is CC1=CC(C)C=CC=C1CCC1CCCC(C(C)C(=O)Nc2ccc(F)c(Cl)c2)CCC1. The second kappa shape index (κ2) is 11.8. The molecule has 0 heterocycles. The number of benzene rings is 1. The highest BCUT2D eigenvalue weighted by atomic mass is 35.5. The van der Waals surface area contributed by atoms with Gasteiger partial charge in [0.25, 0.3) is 0 Å². The first-order valence-corrected chi connectivity index (χ1v) is 12.5. The summed E-state index contributed by atoms with van der Waals surface area (Å²) in [6, 6.07) is 4.32. The van der Waals surface area contributed by atoms with Crippen LogP contribution in [0.1, 0.15) is 72.1 Å². The van der Waals surface area contributed by atoms with Gasteiger partial charge in [-0.1, -0.05) is 81.0 Å². The van der Waals surface area contributed by atoms with Crippen molar-refractivity contribution in [2.45, 2.75) is 72.1 Å². The van der Waals surface area contributed by atoms with Crippen molar-refractivity contribution < 1.29 is 9.18 Å². The Morgan fingerprint density at radius 3 is 2.62 bits per heavy atom. The molecular weight excluding hydrogens is 421 g/mol. The van der Waals surface area contributed by atoms with E-state index < -0.39 is 5.82 Å². The van der Waals surface area contributed by atoms with Gasteiger partial charge in [-0.2, -0.15) is 0 Å². The van der Waals surface area contributed by atoms with Gasteiger partial charge in [-0.05, 0) is 74.1 Å². The minimum absolute atomic E-state index is 0.000329. The molecule has 1 aromatic rings. The molecule has 4 heteroatoms. The lowest BCUT2D eigenvalue weighted by Gasteiger charge is -2.28. The van der Waals surface area contributed by atoms with E-state index in [1.165, 1.54) is 55.4 Å². The fourth-order valence-corrected chi connectivity index (χ4v) is 5.31. The maximum absolute atomic E-state index is 13.4. The Kier molecular flexibility index (Phi) is 9.16. The number of halogens is 2. The second-order valence-electron chi connectivity index (χ2n) is 9.72. The Morgan fingerprint density at radius 2 is 1.94 bits per heavy atom. The van der Waals surface area contributed by atoms with Crippen molar-refractivity contribution in [1.29, 1.82) is 0 Å². The van der Waals surface area contributed by atoms with Gasteiger partial charge in [0.2, 0.25) is 5.91 Å². The number of carbonyl (C=O) groups excluding carboxylic acids is 1. The Labute approximate surface area is 198 Å². The lowest BCUT2D eigenvalue weighted by molar-refractivity contribution is -0.121. The third-order valence-electron chi connectivity index (χ3n) is 7.24. The molecule has 0 bridgehead atoms. The molecular formula is C28H37ClFNO. The van der Waals surface area contributed by atoms with Gasteiger partial charge in [0.1, 0.15) is 5.82 Å². The van der Waals surface area contributed by atoms with Crippen LogP contribution in [0.5, 0.6) is 0 Å². The van der Waals surface area contributed by atoms with Crippen molar-refractivity contribution in [1.82, 2.24) is 0 Å². The van der Waals surface area contributed by atoms with Gasteiger partial charge in [-0.25, -0.2) is 4.39 Å². The van der Waals surface area contributed by atoms with E-state index in [1.807, 2.05) is 6.92 Å². The van der Waals surface area contributed by atoms with Gasteiger partial charge in [0.05, 0.1) is 5.02 Å². The third kappa shape index (κ3) is 7.07. The van der Waals surface area contributed by atoms with Crippen LogP contribution < -0.4 is 5.32 Å². The molecule has 0 aromatic heterocycles. The van der Waals surface area contributed by atoms with Crippen LogP contribution in [0.4, 0.5) is 10.1 Å². The summed E-state index contributed by atoms with van der Waals surface area (Å²) < 4.78 is 13.4. The number of rotatable bonds is 6. The molecule has 2 unspecified atom stereocenters. The van der Waals surface area contributed by atoms with Gasteiger partial charge in [0.15, 0.2) is 0 Å². The minimum Gasteiger partial charge on any atom is -0.326 e. The minimum atomic E-state index is -0.472. The van der Waals surface area contributed by atoms with E-state index in [-0.39, 0.29) is 16.8 Å². The number of hydrogen-bond donors (Lipinski definition) is 1. The molecule has 2 aliphatic carbocycles. The van der Waals surface area contributed by atoms with E-state index in [4.69, 9.17) is 11.6 Å². The monoisotopic (exact) mass is 457 g/mol. The molecule has 2 nitrogen and oxygen atoms in total. The topological polar surface area (TPSA) is 29.1 Å². The Hall–Kier alpha value is -1.87. The van der Waals surface area contributed by atoms with Crippen molar-refractivity contribution in [3.8, 4) is 0 Å². The van der Waals surface area contributed by atoms with Crippen molar-refractivity contribution in [2.24, 2.45) is 23.7 Å². The summed E-state index contributed by atoms with van der Waals surface area (Å²) in [5.74, 6) is 1.15. The Morgan fingerprint density at radius 1 is 1.22 bits per heavy atom. The lowest BCUT2D eigenvalue weighted by Crippen LogP contribution is -2.28. The molecule has 1 N–H and O–H groups in total. The van der Waals surface area contributed by atoms with Gasteiger partial charge in [-0.3, -0.25) is 4.79 Å². The summed E-state index contributed by atoms with van der Waals surface area (Å²) in [5, 5.41) is 2.94. The summed E-state index contributed by atoms with van der Waals surface area (Å²) >= 11 is 5.84. The molecule has 174 valence electrons. The molecule has 1 fully saturated rings. The third-order valence-corrected chi connectivity index (χ3v) is 7.53. The summed E-state index contributed by atoms with van der Waals surface area (Å²) in [5.41, 5.74) is 3.47. The average molecular weight is 458 g/mol. The van der Waals surface area contributed by atoms with Gasteiger partial charge < -0.3 is 5.32 Å². The van der Waals surface area contributed by atoms with Gasteiger partial charge >= 0.3 is 0 Å². The standard InChI is InChI=1S/C28H37ClFNO/c1-19-7-4-10-23(20(2)17-19)14-13-22-8-5-11-24(12-6-9-22)21(3)28(32)31-25-15-16-27(30)26(29)18-25/h4,7,10,15-19,21-22,24H,5-6,8-9,11-14H2,1-3H3,(H,31,32). The molecule has 0 aliphatic heterocycles. The number of hydrogen-bond acceptors (Lipinski definition) is 1. The van der Waals surface area contributed by atoms with Crippen LogP contribution in [0.3, 0.4) is 0 Å². The number of anilines is 1.